The van der Waals surface area contributed by atoms with E-state index in [0.29, 0.717) is 5.92 Å². The van der Waals surface area contributed by atoms with Crippen molar-refractivity contribution in [1.82, 2.24) is 15.5 Å². The Morgan fingerprint density at radius 2 is 2.00 bits per heavy atom. The monoisotopic (exact) mass is 265 g/mol. The zero-order valence-electron chi connectivity index (χ0n) is 11.8. The minimum absolute atomic E-state index is 0.0658. The van der Waals surface area contributed by atoms with Crippen LogP contribution in [0.5, 0.6) is 0 Å². The van der Waals surface area contributed by atoms with E-state index in [9.17, 15) is 4.39 Å². The lowest BCUT2D eigenvalue weighted by Gasteiger charge is -2.33. The van der Waals surface area contributed by atoms with Crippen molar-refractivity contribution in [2.24, 2.45) is 5.92 Å². The van der Waals surface area contributed by atoms with Crippen molar-refractivity contribution < 1.29 is 4.39 Å². The van der Waals surface area contributed by atoms with Gasteiger partial charge in [-0.15, -0.1) is 0 Å². The van der Waals surface area contributed by atoms with Gasteiger partial charge < -0.3 is 15.5 Å². The summed E-state index contributed by atoms with van der Waals surface area (Å²) in [6.07, 6.45) is 0. The lowest BCUT2D eigenvalue weighted by atomic mass is 9.93. The highest BCUT2D eigenvalue weighted by Gasteiger charge is 2.23. The van der Waals surface area contributed by atoms with E-state index in [-0.39, 0.29) is 11.9 Å². The molecule has 2 N–H and O–H groups in total. The van der Waals surface area contributed by atoms with Crippen molar-refractivity contribution in [2.45, 2.75) is 13.0 Å². The van der Waals surface area contributed by atoms with Crippen molar-refractivity contribution in [1.29, 1.82) is 0 Å². The number of hydrogen-bond acceptors (Lipinski definition) is 3. The molecule has 1 aliphatic rings. The summed E-state index contributed by atoms with van der Waals surface area (Å²) < 4.78 is 13.9. The Morgan fingerprint density at radius 1 is 1.32 bits per heavy atom. The second-order valence-corrected chi connectivity index (χ2v) is 5.32. The van der Waals surface area contributed by atoms with E-state index < -0.39 is 0 Å². The molecular formula is C15H24FN3. The molecule has 0 aromatic heterocycles. The fourth-order valence-electron chi connectivity index (χ4n) is 2.88. The number of nitrogens with zero attached hydrogens (tertiary/aromatic N) is 1. The Hall–Kier alpha value is -0.970. The lowest BCUT2D eigenvalue weighted by molar-refractivity contribution is 0.191. The molecule has 0 bridgehead atoms. The van der Waals surface area contributed by atoms with E-state index in [4.69, 9.17) is 0 Å². The second-order valence-electron chi connectivity index (χ2n) is 5.32. The van der Waals surface area contributed by atoms with Crippen molar-refractivity contribution in [3.63, 3.8) is 0 Å². The molecule has 106 valence electrons. The predicted octanol–water partition coefficient (Wildman–Crippen LogP) is 1.63. The van der Waals surface area contributed by atoms with E-state index in [0.717, 1.165) is 38.3 Å². The quantitative estimate of drug-likeness (QED) is 0.847. The Bertz CT molecular complexity index is 391. The van der Waals surface area contributed by atoms with Crippen LogP contribution in [0.4, 0.5) is 4.39 Å². The molecule has 1 fully saturated rings. The van der Waals surface area contributed by atoms with Gasteiger partial charge in [0, 0.05) is 44.3 Å². The highest BCUT2D eigenvalue weighted by molar-refractivity contribution is 5.21. The maximum Gasteiger partial charge on any atom is 0.127 e. The van der Waals surface area contributed by atoms with Crippen LogP contribution in [0.15, 0.2) is 24.3 Å². The molecule has 3 nitrogen and oxygen atoms in total. The molecule has 4 heteroatoms. The average molecular weight is 265 g/mol. The van der Waals surface area contributed by atoms with Crippen molar-refractivity contribution in [2.75, 3.05) is 39.8 Å². The third-order valence-electron chi connectivity index (χ3n) is 3.88. The molecule has 1 saturated heterocycles. The molecule has 0 amide bonds. The summed E-state index contributed by atoms with van der Waals surface area (Å²) in [5.74, 6) is 0.258. The Balaban J connectivity index is 2.02. The zero-order chi connectivity index (χ0) is 13.7. The topological polar surface area (TPSA) is 27.3 Å². The van der Waals surface area contributed by atoms with Crippen LogP contribution in [0.3, 0.4) is 0 Å². The van der Waals surface area contributed by atoms with Gasteiger partial charge in [-0.25, -0.2) is 4.39 Å². The standard InChI is InChI=1S/C15H24FN3/c1-12(11-19-9-7-18-8-10-19)15(17-2)13-5-3-4-6-14(13)16/h3-6,12,15,17-18H,7-11H2,1-2H3. The van der Waals surface area contributed by atoms with E-state index >= 15 is 0 Å². The van der Waals surface area contributed by atoms with Gasteiger partial charge in [0.15, 0.2) is 0 Å². The first-order chi connectivity index (χ1) is 9.22. The van der Waals surface area contributed by atoms with E-state index in [2.05, 4.69) is 22.5 Å². The number of piperazine rings is 1. The zero-order valence-corrected chi connectivity index (χ0v) is 11.8. The number of nitrogens with one attached hydrogen (secondary N) is 2. The van der Waals surface area contributed by atoms with Gasteiger partial charge in [-0.2, -0.15) is 0 Å². The summed E-state index contributed by atoms with van der Waals surface area (Å²) in [4.78, 5) is 2.45. The number of rotatable bonds is 5. The van der Waals surface area contributed by atoms with Crippen molar-refractivity contribution >= 4 is 0 Å². The van der Waals surface area contributed by atoms with Crippen LogP contribution < -0.4 is 10.6 Å². The first kappa shape index (κ1) is 14.4. The molecule has 0 spiro atoms. The third kappa shape index (κ3) is 3.75. The Labute approximate surface area is 115 Å². The molecule has 0 radical (unpaired) electrons. The molecule has 0 saturated carbocycles. The van der Waals surface area contributed by atoms with Crippen LogP contribution in [0.25, 0.3) is 0 Å². The molecule has 0 aliphatic carbocycles. The van der Waals surface area contributed by atoms with Gasteiger partial charge in [0.25, 0.3) is 0 Å². The van der Waals surface area contributed by atoms with Crippen LogP contribution in [-0.2, 0) is 0 Å². The van der Waals surface area contributed by atoms with Gasteiger partial charge in [-0.05, 0) is 19.0 Å². The molecule has 1 aromatic carbocycles. The van der Waals surface area contributed by atoms with E-state index in [1.54, 1.807) is 6.07 Å². The van der Waals surface area contributed by atoms with Gasteiger partial charge in [-0.1, -0.05) is 25.1 Å². The Morgan fingerprint density at radius 3 is 2.63 bits per heavy atom. The molecule has 19 heavy (non-hydrogen) atoms. The summed E-state index contributed by atoms with van der Waals surface area (Å²) in [5, 5.41) is 6.62. The summed E-state index contributed by atoms with van der Waals surface area (Å²) in [7, 11) is 1.91. The maximum absolute atomic E-state index is 13.9. The number of hydrogen-bond donors (Lipinski definition) is 2. The summed E-state index contributed by atoms with van der Waals surface area (Å²) in [6.45, 7) is 7.46. The Kier molecular flexibility index (Phi) is 5.31. The van der Waals surface area contributed by atoms with Crippen LogP contribution in [-0.4, -0.2) is 44.7 Å². The minimum Gasteiger partial charge on any atom is -0.314 e. The van der Waals surface area contributed by atoms with E-state index in [1.165, 1.54) is 6.07 Å². The second kappa shape index (κ2) is 6.98. The largest absolute Gasteiger partial charge is 0.314 e. The van der Waals surface area contributed by atoms with E-state index in [1.807, 2.05) is 19.2 Å². The van der Waals surface area contributed by atoms with Crippen LogP contribution >= 0.6 is 0 Å². The smallest absolute Gasteiger partial charge is 0.127 e. The molecule has 1 heterocycles. The molecule has 2 unspecified atom stereocenters. The van der Waals surface area contributed by atoms with Gasteiger partial charge >= 0.3 is 0 Å². The highest BCUT2D eigenvalue weighted by atomic mass is 19.1. The third-order valence-corrected chi connectivity index (χ3v) is 3.88. The maximum atomic E-state index is 13.9. The van der Waals surface area contributed by atoms with Gasteiger partial charge in [-0.3, -0.25) is 0 Å². The number of halogens is 1. The fourth-order valence-corrected chi connectivity index (χ4v) is 2.88. The SMILES string of the molecule is CNC(c1ccccc1F)C(C)CN1CCNCC1. The highest BCUT2D eigenvalue weighted by Crippen LogP contribution is 2.24. The fraction of sp³-hybridized carbons (Fsp3) is 0.600. The number of benzene rings is 1. The van der Waals surface area contributed by atoms with Crippen molar-refractivity contribution in [3.8, 4) is 0 Å². The van der Waals surface area contributed by atoms with Gasteiger partial charge in [0.05, 0.1) is 0 Å². The molecule has 2 atom stereocenters. The summed E-state index contributed by atoms with van der Waals surface area (Å²) in [5.41, 5.74) is 0.771. The van der Waals surface area contributed by atoms with Gasteiger partial charge in [0.2, 0.25) is 0 Å². The molecular weight excluding hydrogens is 241 g/mol. The molecule has 1 aliphatic heterocycles. The molecule has 1 aromatic rings. The predicted molar refractivity (Wildman–Crippen MR) is 76.7 cm³/mol. The first-order valence-electron chi connectivity index (χ1n) is 7.07. The summed E-state index contributed by atoms with van der Waals surface area (Å²) in [6, 6.07) is 7.13. The van der Waals surface area contributed by atoms with Crippen molar-refractivity contribution in [3.05, 3.63) is 35.6 Å². The first-order valence-corrected chi connectivity index (χ1v) is 7.07. The van der Waals surface area contributed by atoms with Gasteiger partial charge in [0.1, 0.15) is 5.82 Å². The summed E-state index contributed by atoms with van der Waals surface area (Å²) >= 11 is 0. The molecule has 2 rings (SSSR count). The van der Waals surface area contributed by atoms with Crippen LogP contribution in [0.1, 0.15) is 18.5 Å². The van der Waals surface area contributed by atoms with Crippen LogP contribution in [0, 0.1) is 11.7 Å². The van der Waals surface area contributed by atoms with Crippen LogP contribution in [0.2, 0.25) is 0 Å². The average Bonchev–Trinajstić information content (AvgIpc) is 2.43. The normalized spacial score (nSPS) is 20.2. The minimum atomic E-state index is -0.117. The lowest BCUT2D eigenvalue weighted by Crippen LogP contribution is -2.46.